The average Bonchev–Trinajstić information content (AvgIpc) is 3.10. The summed E-state index contributed by atoms with van der Waals surface area (Å²) in [6, 6.07) is 7.97. The van der Waals surface area contributed by atoms with Gasteiger partial charge in [-0.2, -0.15) is 0 Å². The third kappa shape index (κ3) is 4.96. The van der Waals surface area contributed by atoms with Crippen molar-refractivity contribution in [2.45, 2.75) is 33.2 Å². The van der Waals surface area contributed by atoms with E-state index < -0.39 is 0 Å². The van der Waals surface area contributed by atoms with E-state index >= 15 is 0 Å². The normalized spacial score (nSPS) is 17.2. The Kier molecular flexibility index (Phi) is 6.89. The molecule has 0 saturated carbocycles. The molecule has 2 aromatic rings. The number of hydrogen-bond donors (Lipinski definition) is 2. The number of aromatic amines is 1. The lowest BCUT2D eigenvalue weighted by atomic mass is 9.82. The Balaban J connectivity index is 1.76. The molecular formula is C25H30N2O2. The number of aromatic nitrogens is 1. The number of H-pyrrole nitrogens is 1. The number of carbonyl (C=O) groups is 1. The van der Waals surface area contributed by atoms with Gasteiger partial charge in [-0.1, -0.05) is 36.9 Å². The molecular weight excluding hydrogens is 360 g/mol. The van der Waals surface area contributed by atoms with E-state index in [4.69, 9.17) is 4.74 Å². The van der Waals surface area contributed by atoms with E-state index in [2.05, 4.69) is 48.2 Å². The maximum absolute atomic E-state index is 12.3. The number of Topliss-reactive ketones (excluding diaryl/α,β-unsaturated/α-hetero) is 1. The van der Waals surface area contributed by atoms with Crippen molar-refractivity contribution < 1.29 is 9.53 Å². The van der Waals surface area contributed by atoms with Crippen molar-refractivity contribution in [2.24, 2.45) is 5.92 Å². The molecule has 0 amide bonds. The van der Waals surface area contributed by atoms with Crippen molar-refractivity contribution in [3.05, 3.63) is 83.2 Å². The summed E-state index contributed by atoms with van der Waals surface area (Å²) in [7, 11) is 1.67. The summed E-state index contributed by atoms with van der Waals surface area (Å²) in [5, 5.41) is 3.43. The zero-order valence-electron chi connectivity index (χ0n) is 17.5. The molecule has 3 rings (SSSR count). The van der Waals surface area contributed by atoms with Gasteiger partial charge in [0.2, 0.25) is 0 Å². The van der Waals surface area contributed by atoms with Crippen LogP contribution in [0.15, 0.2) is 60.8 Å². The van der Waals surface area contributed by atoms with Crippen LogP contribution in [0.4, 0.5) is 0 Å². The quantitative estimate of drug-likeness (QED) is 0.683. The van der Waals surface area contributed by atoms with Crippen molar-refractivity contribution in [1.29, 1.82) is 0 Å². The summed E-state index contributed by atoms with van der Waals surface area (Å²) < 4.78 is 5.28. The first-order valence-corrected chi connectivity index (χ1v) is 10.1. The second kappa shape index (κ2) is 9.57. The highest BCUT2D eigenvalue weighted by Gasteiger charge is 2.23. The Labute approximate surface area is 173 Å². The summed E-state index contributed by atoms with van der Waals surface area (Å²) in [5.41, 5.74) is 7.30. The van der Waals surface area contributed by atoms with Crippen molar-refractivity contribution in [2.75, 3.05) is 13.7 Å². The van der Waals surface area contributed by atoms with E-state index in [-0.39, 0.29) is 11.7 Å². The first-order chi connectivity index (χ1) is 14.0. The van der Waals surface area contributed by atoms with E-state index in [1.807, 2.05) is 24.3 Å². The smallest absolute Gasteiger partial charge is 0.137 e. The van der Waals surface area contributed by atoms with Crippen molar-refractivity contribution >= 4 is 11.4 Å². The largest absolute Gasteiger partial charge is 0.497 e. The number of carbonyl (C=O) groups excluding carboxylic acids is 1. The lowest BCUT2D eigenvalue weighted by Crippen LogP contribution is -2.26. The van der Waals surface area contributed by atoms with Crippen LogP contribution in [-0.2, 0) is 17.8 Å². The molecule has 1 aromatic carbocycles. The van der Waals surface area contributed by atoms with Gasteiger partial charge < -0.3 is 15.0 Å². The van der Waals surface area contributed by atoms with Crippen LogP contribution >= 0.6 is 0 Å². The van der Waals surface area contributed by atoms with Crippen molar-refractivity contribution in [3.8, 4) is 5.75 Å². The first-order valence-electron chi connectivity index (χ1n) is 10.1. The fourth-order valence-corrected chi connectivity index (χ4v) is 3.92. The Morgan fingerprint density at radius 2 is 2.21 bits per heavy atom. The van der Waals surface area contributed by atoms with Gasteiger partial charge in [-0.05, 0) is 61.1 Å². The molecule has 0 aliphatic heterocycles. The molecule has 4 heteroatoms. The van der Waals surface area contributed by atoms with E-state index in [0.717, 1.165) is 29.8 Å². The minimum Gasteiger partial charge on any atom is -0.497 e. The number of ketones is 1. The van der Waals surface area contributed by atoms with Gasteiger partial charge in [-0.25, -0.2) is 0 Å². The number of fused-ring (bicyclic) bond motifs is 1. The first kappa shape index (κ1) is 20.9. The van der Waals surface area contributed by atoms with E-state index in [0.29, 0.717) is 13.1 Å². The van der Waals surface area contributed by atoms with Crippen LogP contribution in [0.3, 0.4) is 0 Å². The van der Waals surface area contributed by atoms with Crippen LogP contribution < -0.4 is 10.1 Å². The van der Waals surface area contributed by atoms with Gasteiger partial charge in [0.25, 0.3) is 0 Å². The van der Waals surface area contributed by atoms with Gasteiger partial charge in [0, 0.05) is 36.5 Å². The fourth-order valence-electron chi connectivity index (χ4n) is 3.92. The Morgan fingerprint density at radius 3 is 2.93 bits per heavy atom. The van der Waals surface area contributed by atoms with Gasteiger partial charge >= 0.3 is 0 Å². The number of benzene rings is 1. The number of hydrogen-bond acceptors (Lipinski definition) is 3. The Bertz CT molecular complexity index is 949. The van der Waals surface area contributed by atoms with Crippen LogP contribution in [-0.4, -0.2) is 24.4 Å². The third-order valence-electron chi connectivity index (χ3n) is 5.47. The molecule has 0 saturated heterocycles. The highest BCUT2D eigenvalue weighted by Crippen LogP contribution is 2.37. The molecule has 29 heavy (non-hydrogen) atoms. The number of ether oxygens (including phenoxy) is 1. The molecule has 2 N–H and O–H groups in total. The van der Waals surface area contributed by atoms with E-state index in [1.165, 1.54) is 22.3 Å². The number of nitrogens with one attached hydrogen (secondary N) is 2. The Morgan fingerprint density at radius 1 is 1.38 bits per heavy atom. The lowest BCUT2D eigenvalue weighted by molar-refractivity contribution is -0.119. The molecule has 0 fully saturated rings. The van der Waals surface area contributed by atoms with Crippen LogP contribution in [0.5, 0.6) is 5.75 Å². The third-order valence-corrected chi connectivity index (χ3v) is 5.47. The van der Waals surface area contributed by atoms with Gasteiger partial charge in [0.1, 0.15) is 11.5 Å². The van der Waals surface area contributed by atoms with E-state index in [1.54, 1.807) is 14.0 Å². The van der Waals surface area contributed by atoms with Gasteiger partial charge in [-0.15, -0.1) is 0 Å². The molecule has 1 heterocycles. The highest BCUT2D eigenvalue weighted by molar-refractivity contribution is 5.87. The number of aryl methyl sites for hydroxylation is 2. The highest BCUT2D eigenvalue weighted by atomic mass is 16.5. The molecule has 1 aromatic heterocycles. The zero-order valence-corrected chi connectivity index (χ0v) is 17.5. The predicted octanol–water partition coefficient (Wildman–Crippen LogP) is 4.77. The van der Waals surface area contributed by atoms with Crippen molar-refractivity contribution in [3.63, 3.8) is 0 Å². The van der Waals surface area contributed by atoms with Gasteiger partial charge in [0.05, 0.1) is 7.11 Å². The number of allylic oxidation sites excluding steroid dienone is 4. The van der Waals surface area contributed by atoms with Crippen LogP contribution in [0.1, 0.15) is 35.7 Å². The maximum atomic E-state index is 12.3. The van der Waals surface area contributed by atoms with Crippen LogP contribution in [0, 0.1) is 12.8 Å². The minimum absolute atomic E-state index is 0.162. The van der Waals surface area contributed by atoms with Gasteiger partial charge in [-0.3, -0.25) is 4.79 Å². The molecule has 0 bridgehead atoms. The molecule has 1 unspecified atom stereocenters. The van der Waals surface area contributed by atoms with Crippen LogP contribution in [0.2, 0.25) is 0 Å². The lowest BCUT2D eigenvalue weighted by Gasteiger charge is -2.22. The molecule has 1 aliphatic rings. The molecule has 152 valence electrons. The monoisotopic (exact) mass is 390 g/mol. The summed E-state index contributed by atoms with van der Waals surface area (Å²) in [6.07, 6.45) is 10.0. The average molecular weight is 391 g/mol. The number of methoxy groups -OCH3 is 1. The standard InChI is InChI=1S/C25H30N2O2/c1-5-7-24-20(10-11-21-16-27-17(2)25(21)24)13-22(18(3)28)15-26-14-19-8-6-9-23(12-19)29-4/h5-9,12-13,16,22,26-27H,1,10-11,14-15H2,2-4H3/b20-13+,24-7-. The summed E-state index contributed by atoms with van der Waals surface area (Å²) >= 11 is 0. The topological polar surface area (TPSA) is 54.1 Å². The van der Waals surface area contributed by atoms with Gasteiger partial charge in [0.15, 0.2) is 0 Å². The maximum Gasteiger partial charge on any atom is 0.137 e. The fraction of sp³-hybridized carbons (Fsp3) is 0.320. The minimum atomic E-state index is -0.162. The second-order valence-electron chi connectivity index (χ2n) is 7.52. The number of rotatable bonds is 8. The summed E-state index contributed by atoms with van der Waals surface area (Å²) in [4.78, 5) is 15.7. The van der Waals surface area contributed by atoms with E-state index in [9.17, 15) is 4.79 Å². The van der Waals surface area contributed by atoms with Crippen LogP contribution in [0.25, 0.3) is 5.57 Å². The molecule has 0 radical (unpaired) electrons. The zero-order chi connectivity index (χ0) is 20.8. The van der Waals surface area contributed by atoms with Crippen molar-refractivity contribution in [1.82, 2.24) is 10.3 Å². The summed E-state index contributed by atoms with van der Waals surface area (Å²) in [6.45, 7) is 8.95. The molecule has 0 spiro atoms. The molecule has 4 nitrogen and oxygen atoms in total. The summed E-state index contributed by atoms with van der Waals surface area (Å²) in [5.74, 6) is 0.850. The Hall–Kier alpha value is -2.85. The SMILES string of the molecule is C=C/C=C1/C(=C/C(CNCc2cccc(OC)c2)C(C)=O)CCc2c[nH]c(C)c21. The predicted molar refractivity (Wildman–Crippen MR) is 119 cm³/mol. The second-order valence-corrected chi connectivity index (χ2v) is 7.52. The molecule has 1 atom stereocenters. The molecule has 1 aliphatic carbocycles.